The lowest BCUT2D eigenvalue weighted by atomic mass is 10.2. The molecule has 1 heterocycles. The first-order chi connectivity index (χ1) is 13.3. The average molecular weight is 408 g/mol. The molecule has 0 saturated carbocycles. The molecule has 1 aromatic heterocycles. The van der Waals surface area contributed by atoms with Crippen molar-refractivity contribution in [2.75, 3.05) is 4.31 Å². The number of alkyl halides is 3. The summed E-state index contributed by atoms with van der Waals surface area (Å²) in [6.45, 7) is -0.551. The Balaban J connectivity index is 2.08. The monoisotopic (exact) mass is 408 g/mol. The Morgan fingerprint density at radius 1 is 0.929 bits per heavy atom. The molecule has 28 heavy (non-hydrogen) atoms. The Hall–Kier alpha value is -3.07. The van der Waals surface area contributed by atoms with Gasteiger partial charge < -0.3 is 4.74 Å². The first-order valence-electron chi connectivity index (χ1n) is 8.09. The van der Waals surface area contributed by atoms with E-state index in [2.05, 4.69) is 4.98 Å². The molecule has 0 aliphatic carbocycles. The maximum atomic E-state index is 13.3. The van der Waals surface area contributed by atoms with Crippen LogP contribution in [-0.2, 0) is 16.6 Å². The van der Waals surface area contributed by atoms with Gasteiger partial charge in [0.1, 0.15) is 5.75 Å². The lowest BCUT2D eigenvalue weighted by Crippen LogP contribution is -2.40. The number of halogens is 3. The van der Waals surface area contributed by atoms with Gasteiger partial charge in [-0.25, -0.2) is 0 Å². The van der Waals surface area contributed by atoms with E-state index in [1.165, 1.54) is 42.7 Å². The highest BCUT2D eigenvalue weighted by Crippen LogP contribution is 2.38. The van der Waals surface area contributed by atoms with E-state index in [0.29, 0.717) is 11.3 Å². The Kier molecular flexibility index (Phi) is 5.55. The van der Waals surface area contributed by atoms with Crippen LogP contribution in [0.5, 0.6) is 11.5 Å². The van der Waals surface area contributed by atoms with Crippen molar-refractivity contribution in [2.24, 2.45) is 0 Å². The molecule has 0 aliphatic rings. The number of nitrogens with zero attached hydrogens (tertiary/aromatic N) is 2. The van der Waals surface area contributed by atoms with Gasteiger partial charge in [0.25, 0.3) is 0 Å². The van der Waals surface area contributed by atoms with Crippen molar-refractivity contribution in [3.63, 3.8) is 0 Å². The summed E-state index contributed by atoms with van der Waals surface area (Å²) in [6.07, 6.45) is 2.75. The first-order valence-corrected chi connectivity index (χ1v) is 9.53. The Bertz CT molecular complexity index is 1030. The summed E-state index contributed by atoms with van der Waals surface area (Å²) in [7, 11) is -5.68. The highest BCUT2D eigenvalue weighted by Gasteiger charge is 2.50. The number of pyridine rings is 1. The summed E-state index contributed by atoms with van der Waals surface area (Å²) in [5.74, 6) is 0.339. The van der Waals surface area contributed by atoms with Gasteiger partial charge in [-0.15, -0.1) is 0 Å². The van der Waals surface area contributed by atoms with Crippen LogP contribution in [0.4, 0.5) is 18.9 Å². The zero-order valence-electron chi connectivity index (χ0n) is 14.4. The number of aromatic nitrogens is 1. The van der Waals surface area contributed by atoms with Gasteiger partial charge in [-0.2, -0.15) is 21.6 Å². The van der Waals surface area contributed by atoms with Crippen molar-refractivity contribution < 1.29 is 26.3 Å². The molecule has 0 fully saturated rings. The second-order valence-corrected chi connectivity index (χ2v) is 7.56. The van der Waals surface area contributed by atoms with Crippen molar-refractivity contribution in [1.82, 2.24) is 4.98 Å². The zero-order valence-corrected chi connectivity index (χ0v) is 15.2. The highest BCUT2D eigenvalue weighted by molar-refractivity contribution is 7.93. The van der Waals surface area contributed by atoms with Crippen molar-refractivity contribution in [3.8, 4) is 11.5 Å². The molecule has 3 rings (SSSR count). The summed E-state index contributed by atoms with van der Waals surface area (Å²) >= 11 is 0. The molecule has 0 bridgehead atoms. The normalized spacial score (nSPS) is 11.8. The number of hydrogen-bond donors (Lipinski definition) is 0. The summed E-state index contributed by atoms with van der Waals surface area (Å²) < 4.78 is 70.5. The van der Waals surface area contributed by atoms with Crippen molar-refractivity contribution in [3.05, 3.63) is 84.7 Å². The van der Waals surface area contributed by atoms with Gasteiger partial charge in [0, 0.05) is 12.4 Å². The van der Waals surface area contributed by atoms with Crippen LogP contribution in [0.25, 0.3) is 0 Å². The largest absolute Gasteiger partial charge is 0.516 e. The SMILES string of the molecule is O=S(=O)(N(Cc1cccnc1)c1ccccc1Oc1ccccc1)C(F)(F)F. The predicted molar refractivity (Wildman–Crippen MR) is 98.4 cm³/mol. The Labute approximate surface area is 160 Å². The van der Waals surface area contributed by atoms with Crippen LogP contribution in [0.1, 0.15) is 5.56 Å². The van der Waals surface area contributed by atoms with Crippen LogP contribution in [0.15, 0.2) is 79.1 Å². The fourth-order valence-corrected chi connectivity index (χ4v) is 3.43. The summed E-state index contributed by atoms with van der Waals surface area (Å²) in [5, 5.41) is 0. The number of benzene rings is 2. The smallest absolute Gasteiger partial charge is 0.455 e. The van der Waals surface area contributed by atoms with E-state index in [1.54, 1.807) is 36.4 Å². The molecule has 0 radical (unpaired) electrons. The zero-order chi connectivity index (χ0) is 20.2. The van der Waals surface area contributed by atoms with E-state index in [4.69, 9.17) is 4.74 Å². The third kappa shape index (κ3) is 4.25. The second kappa shape index (κ2) is 7.89. The molecule has 0 N–H and O–H groups in total. The van der Waals surface area contributed by atoms with Gasteiger partial charge in [-0.05, 0) is 35.9 Å². The van der Waals surface area contributed by atoms with Crippen LogP contribution in [0, 0.1) is 0 Å². The number of ether oxygens (including phenoxy) is 1. The standard InChI is InChI=1S/C19H15F3N2O3S/c20-19(21,22)28(25,26)24(14-15-7-6-12-23-13-15)17-10-4-5-11-18(17)27-16-8-2-1-3-9-16/h1-13H,14H2. The van der Waals surface area contributed by atoms with Crippen molar-refractivity contribution in [2.45, 2.75) is 12.1 Å². The van der Waals surface area contributed by atoms with E-state index in [0.717, 1.165) is 0 Å². The molecule has 0 aliphatic heterocycles. The minimum Gasteiger partial charge on any atom is -0.455 e. The maximum Gasteiger partial charge on any atom is 0.516 e. The van der Waals surface area contributed by atoms with Crippen molar-refractivity contribution in [1.29, 1.82) is 0 Å². The molecule has 146 valence electrons. The summed E-state index contributed by atoms with van der Waals surface area (Å²) in [5.41, 5.74) is -5.41. The summed E-state index contributed by atoms with van der Waals surface area (Å²) in [4.78, 5) is 3.83. The molecule has 2 aromatic carbocycles. The maximum absolute atomic E-state index is 13.3. The van der Waals surface area contributed by atoms with E-state index < -0.39 is 22.1 Å². The van der Waals surface area contributed by atoms with E-state index in [1.807, 2.05) is 0 Å². The molecule has 5 nitrogen and oxygen atoms in total. The second-order valence-electron chi connectivity index (χ2n) is 5.70. The van der Waals surface area contributed by atoms with Gasteiger partial charge in [-0.1, -0.05) is 36.4 Å². The fraction of sp³-hybridized carbons (Fsp3) is 0.105. The van der Waals surface area contributed by atoms with Crippen molar-refractivity contribution >= 4 is 15.7 Å². The number of para-hydroxylation sites is 3. The number of anilines is 1. The van der Waals surface area contributed by atoms with E-state index >= 15 is 0 Å². The lowest BCUT2D eigenvalue weighted by Gasteiger charge is -2.27. The molecule has 9 heteroatoms. The number of hydrogen-bond acceptors (Lipinski definition) is 4. The van der Waals surface area contributed by atoms with Gasteiger partial charge in [-0.3, -0.25) is 9.29 Å². The molecule has 0 amide bonds. The molecule has 0 saturated heterocycles. The third-order valence-electron chi connectivity index (χ3n) is 3.74. The van der Waals surface area contributed by atoms with Gasteiger partial charge >= 0.3 is 15.5 Å². The quantitative estimate of drug-likeness (QED) is 0.592. The fourth-order valence-electron chi connectivity index (χ4n) is 2.45. The average Bonchev–Trinajstić information content (AvgIpc) is 2.67. The minimum absolute atomic E-state index is 0.0228. The molecule has 0 atom stereocenters. The van der Waals surface area contributed by atoms with E-state index in [-0.39, 0.29) is 15.7 Å². The van der Waals surface area contributed by atoms with Gasteiger partial charge in [0.2, 0.25) is 0 Å². The topological polar surface area (TPSA) is 59.5 Å². The van der Waals surface area contributed by atoms with E-state index in [9.17, 15) is 21.6 Å². The van der Waals surface area contributed by atoms with Crippen LogP contribution >= 0.6 is 0 Å². The number of rotatable bonds is 6. The Morgan fingerprint density at radius 2 is 1.61 bits per heavy atom. The molecule has 3 aromatic rings. The summed E-state index contributed by atoms with van der Waals surface area (Å²) in [6, 6.07) is 17.0. The predicted octanol–water partition coefficient (Wildman–Crippen LogP) is 4.73. The molecular weight excluding hydrogens is 393 g/mol. The minimum atomic E-state index is -5.68. The highest BCUT2D eigenvalue weighted by atomic mass is 32.2. The molecule has 0 spiro atoms. The Morgan fingerprint density at radius 3 is 2.25 bits per heavy atom. The van der Waals surface area contributed by atoms with Crippen LogP contribution in [0.3, 0.4) is 0 Å². The molecular formula is C19H15F3N2O3S. The lowest BCUT2D eigenvalue weighted by molar-refractivity contribution is -0.0438. The van der Waals surface area contributed by atoms with Crippen LogP contribution in [-0.4, -0.2) is 18.9 Å². The van der Waals surface area contributed by atoms with Crippen LogP contribution in [0.2, 0.25) is 0 Å². The van der Waals surface area contributed by atoms with Gasteiger partial charge in [0.15, 0.2) is 5.75 Å². The van der Waals surface area contributed by atoms with Gasteiger partial charge in [0.05, 0.1) is 12.2 Å². The van der Waals surface area contributed by atoms with Crippen LogP contribution < -0.4 is 9.04 Å². The first kappa shape index (κ1) is 19.7. The third-order valence-corrected chi connectivity index (χ3v) is 5.23. The number of sulfonamides is 1. The molecule has 0 unspecified atom stereocenters.